The Hall–Kier alpha value is -1.30. The van der Waals surface area contributed by atoms with E-state index >= 15 is 0 Å². The summed E-state index contributed by atoms with van der Waals surface area (Å²) in [6.45, 7) is 7.68. The van der Waals surface area contributed by atoms with Crippen molar-refractivity contribution in [1.82, 2.24) is 10.3 Å². The molecule has 1 aromatic heterocycles. The highest BCUT2D eigenvalue weighted by Crippen LogP contribution is 2.26. The molecule has 0 aliphatic rings. The third-order valence-electron chi connectivity index (χ3n) is 2.17. The lowest BCUT2D eigenvalue weighted by atomic mass is 10.2. The zero-order valence-corrected chi connectivity index (χ0v) is 13.4. The normalized spacial score (nSPS) is 11.1. The van der Waals surface area contributed by atoms with Crippen LogP contribution in [-0.4, -0.2) is 23.8 Å². The van der Waals surface area contributed by atoms with Crippen LogP contribution in [0.4, 0.5) is 4.79 Å². The van der Waals surface area contributed by atoms with Gasteiger partial charge in [-0.2, -0.15) is 0 Å². The second-order valence-corrected chi connectivity index (χ2v) is 5.90. The van der Waals surface area contributed by atoms with E-state index in [1.54, 1.807) is 7.11 Å². The molecule has 0 saturated heterocycles. The molecule has 0 aliphatic heterocycles. The van der Waals surface area contributed by atoms with Gasteiger partial charge < -0.3 is 14.8 Å². The van der Waals surface area contributed by atoms with Crippen LogP contribution in [0.3, 0.4) is 0 Å². The van der Waals surface area contributed by atoms with Crippen molar-refractivity contribution in [1.29, 1.82) is 0 Å². The number of aryl methyl sites for hydroxylation is 1. The maximum atomic E-state index is 11.5. The molecule has 0 radical (unpaired) electrons. The summed E-state index contributed by atoms with van der Waals surface area (Å²) in [5, 5.41) is 2.66. The van der Waals surface area contributed by atoms with Crippen LogP contribution in [0.1, 0.15) is 32.0 Å². The summed E-state index contributed by atoms with van der Waals surface area (Å²) in [4.78, 5) is 15.8. The van der Waals surface area contributed by atoms with Crippen molar-refractivity contribution in [3.63, 3.8) is 0 Å². The molecule has 1 heterocycles. The molecule has 0 saturated carbocycles. The molecule has 1 amide bonds. The molecule has 0 unspecified atom stereocenters. The van der Waals surface area contributed by atoms with Gasteiger partial charge in [-0.15, -0.1) is 0 Å². The number of amides is 1. The maximum absolute atomic E-state index is 11.5. The van der Waals surface area contributed by atoms with E-state index in [1.165, 1.54) is 0 Å². The number of carbonyl (C=O) groups excluding carboxylic acids is 1. The predicted molar refractivity (Wildman–Crippen MR) is 76.3 cm³/mol. The molecule has 1 rings (SSSR count). The average molecular weight is 331 g/mol. The SMILES string of the molecule is COc1nc(CNC(=O)OC(C)(C)C)cc(C)c1Br. The minimum Gasteiger partial charge on any atom is -0.480 e. The summed E-state index contributed by atoms with van der Waals surface area (Å²) in [5.74, 6) is 0.501. The van der Waals surface area contributed by atoms with Gasteiger partial charge in [0.05, 0.1) is 23.8 Å². The number of hydrogen-bond acceptors (Lipinski definition) is 4. The molecule has 1 aromatic rings. The van der Waals surface area contributed by atoms with Gasteiger partial charge >= 0.3 is 6.09 Å². The quantitative estimate of drug-likeness (QED) is 0.924. The first-order chi connectivity index (χ1) is 8.73. The van der Waals surface area contributed by atoms with E-state index in [0.717, 1.165) is 10.0 Å². The molecule has 0 bridgehead atoms. The maximum Gasteiger partial charge on any atom is 0.407 e. The van der Waals surface area contributed by atoms with Gasteiger partial charge in [0.15, 0.2) is 0 Å². The highest BCUT2D eigenvalue weighted by Gasteiger charge is 2.16. The van der Waals surface area contributed by atoms with Crippen LogP contribution in [0.5, 0.6) is 5.88 Å². The fraction of sp³-hybridized carbons (Fsp3) is 0.538. The Labute approximate surface area is 121 Å². The van der Waals surface area contributed by atoms with Crippen LogP contribution in [0.25, 0.3) is 0 Å². The number of pyridine rings is 1. The first kappa shape index (κ1) is 15.8. The van der Waals surface area contributed by atoms with Gasteiger partial charge in [-0.3, -0.25) is 0 Å². The summed E-state index contributed by atoms with van der Waals surface area (Å²) in [6.07, 6.45) is -0.464. The van der Waals surface area contributed by atoms with Crippen LogP contribution in [-0.2, 0) is 11.3 Å². The number of nitrogens with one attached hydrogen (secondary N) is 1. The highest BCUT2D eigenvalue weighted by atomic mass is 79.9. The molecule has 0 aliphatic carbocycles. The number of halogens is 1. The van der Waals surface area contributed by atoms with Crippen molar-refractivity contribution < 1.29 is 14.3 Å². The standard InChI is InChI=1S/C13H19BrN2O3/c1-8-6-9(16-11(18-5)10(8)14)7-15-12(17)19-13(2,3)4/h6H,7H2,1-5H3,(H,15,17). The van der Waals surface area contributed by atoms with E-state index in [2.05, 4.69) is 26.2 Å². The van der Waals surface area contributed by atoms with Crippen LogP contribution in [0.2, 0.25) is 0 Å². The van der Waals surface area contributed by atoms with E-state index < -0.39 is 11.7 Å². The molecule has 5 nitrogen and oxygen atoms in total. The van der Waals surface area contributed by atoms with E-state index in [9.17, 15) is 4.79 Å². The second-order valence-electron chi connectivity index (χ2n) is 5.11. The minimum absolute atomic E-state index is 0.291. The number of alkyl carbamates (subject to hydrolysis) is 1. The third kappa shape index (κ3) is 5.06. The van der Waals surface area contributed by atoms with Crippen molar-refractivity contribution >= 4 is 22.0 Å². The van der Waals surface area contributed by atoms with E-state index in [1.807, 2.05) is 33.8 Å². The lowest BCUT2D eigenvalue weighted by Gasteiger charge is -2.19. The first-order valence-corrected chi connectivity index (χ1v) is 6.69. The van der Waals surface area contributed by atoms with Crippen molar-refractivity contribution in [3.8, 4) is 5.88 Å². The van der Waals surface area contributed by atoms with Crippen molar-refractivity contribution in [2.75, 3.05) is 7.11 Å². The lowest BCUT2D eigenvalue weighted by Crippen LogP contribution is -2.32. The second kappa shape index (κ2) is 6.23. The summed E-state index contributed by atoms with van der Waals surface area (Å²) in [6, 6.07) is 1.88. The van der Waals surface area contributed by atoms with Gasteiger partial charge in [-0.05, 0) is 55.3 Å². The Morgan fingerprint density at radius 1 is 1.47 bits per heavy atom. The van der Waals surface area contributed by atoms with Gasteiger partial charge in [0.1, 0.15) is 5.60 Å². The topological polar surface area (TPSA) is 60.5 Å². The summed E-state index contributed by atoms with van der Waals surface area (Å²) < 4.78 is 11.1. The van der Waals surface area contributed by atoms with Gasteiger partial charge in [-0.1, -0.05) is 0 Å². The van der Waals surface area contributed by atoms with E-state index in [0.29, 0.717) is 18.1 Å². The molecular formula is C13H19BrN2O3. The van der Waals surface area contributed by atoms with Crippen LogP contribution in [0.15, 0.2) is 10.5 Å². The Morgan fingerprint density at radius 2 is 2.11 bits per heavy atom. The van der Waals surface area contributed by atoms with Gasteiger partial charge in [0.25, 0.3) is 0 Å². The number of methoxy groups -OCH3 is 1. The van der Waals surface area contributed by atoms with Gasteiger partial charge in [0.2, 0.25) is 5.88 Å². The number of aromatic nitrogens is 1. The highest BCUT2D eigenvalue weighted by molar-refractivity contribution is 9.10. The van der Waals surface area contributed by atoms with Gasteiger partial charge in [-0.25, -0.2) is 9.78 Å². The number of nitrogens with zero attached hydrogens (tertiary/aromatic N) is 1. The number of hydrogen-bond donors (Lipinski definition) is 1. The Bertz CT molecular complexity index is 470. The molecule has 19 heavy (non-hydrogen) atoms. The number of rotatable bonds is 3. The van der Waals surface area contributed by atoms with Crippen molar-refractivity contribution in [2.45, 2.75) is 39.8 Å². The molecule has 0 spiro atoms. The summed E-state index contributed by atoms with van der Waals surface area (Å²) in [7, 11) is 1.55. The Morgan fingerprint density at radius 3 is 2.63 bits per heavy atom. The lowest BCUT2D eigenvalue weighted by molar-refractivity contribution is 0.0522. The zero-order chi connectivity index (χ0) is 14.6. The van der Waals surface area contributed by atoms with E-state index in [-0.39, 0.29) is 0 Å². The number of ether oxygens (including phenoxy) is 2. The molecule has 6 heteroatoms. The first-order valence-electron chi connectivity index (χ1n) is 5.90. The summed E-state index contributed by atoms with van der Waals surface area (Å²) in [5.41, 5.74) is 1.20. The smallest absolute Gasteiger partial charge is 0.407 e. The zero-order valence-electron chi connectivity index (χ0n) is 11.8. The fourth-order valence-electron chi connectivity index (χ4n) is 1.40. The molecule has 0 fully saturated rings. The average Bonchev–Trinajstić information content (AvgIpc) is 2.28. The van der Waals surface area contributed by atoms with Crippen molar-refractivity contribution in [3.05, 3.63) is 21.8 Å². The monoisotopic (exact) mass is 330 g/mol. The largest absolute Gasteiger partial charge is 0.480 e. The fourth-order valence-corrected chi connectivity index (χ4v) is 1.76. The van der Waals surface area contributed by atoms with Crippen LogP contribution >= 0.6 is 15.9 Å². The van der Waals surface area contributed by atoms with Crippen molar-refractivity contribution in [2.24, 2.45) is 0 Å². The molecule has 1 N–H and O–H groups in total. The Kier molecular flexibility index (Phi) is 5.17. The molecule has 106 valence electrons. The minimum atomic E-state index is -0.509. The van der Waals surface area contributed by atoms with Crippen LogP contribution < -0.4 is 10.1 Å². The van der Waals surface area contributed by atoms with Crippen LogP contribution in [0, 0.1) is 6.92 Å². The Balaban J connectivity index is 2.68. The molecule has 0 aromatic carbocycles. The third-order valence-corrected chi connectivity index (χ3v) is 3.13. The van der Waals surface area contributed by atoms with Gasteiger partial charge in [0, 0.05) is 0 Å². The van der Waals surface area contributed by atoms with E-state index in [4.69, 9.17) is 9.47 Å². The number of carbonyl (C=O) groups is 1. The molecule has 0 atom stereocenters. The predicted octanol–water partition coefficient (Wildman–Crippen LogP) is 3.19. The molecular weight excluding hydrogens is 312 g/mol. The summed E-state index contributed by atoms with van der Waals surface area (Å²) >= 11 is 3.39.